The van der Waals surface area contributed by atoms with Crippen molar-refractivity contribution in [1.82, 2.24) is 10.6 Å². The second-order valence-electron chi connectivity index (χ2n) is 8.25. The van der Waals surface area contributed by atoms with Crippen molar-refractivity contribution in [2.24, 2.45) is 5.92 Å². The van der Waals surface area contributed by atoms with E-state index in [0.717, 1.165) is 24.3 Å². The average molecular weight is 547 g/mol. The van der Waals surface area contributed by atoms with Gasteiger partial charge < -0.3 is 20.5 Å². The fraction of sp³-hybridized carbons (Fsp3) is 0.375. The molecule has 7 nitrogen and oxygen atoms in total. The van der Waals surface area contributed by atoms with E-state index in [1.54, 1.807) is 0 Å². The van der Waals surface area contributed by atoms with E-state index in [0.29, 0.717) is 25.7 Å². The second kappa shape index (κ2) is 12.3. The van der Waals surface area contributed by atoms with Crippen LogP contribution in [0.1, 0.15) is 46.4 Å². The molecule has 200 valence electrons. The first-order valence-corrected chi connectivity index (χ1v) is 12.1. The maximum Gasteiger partial charge on any atom is 0.446 e. The van der Waals surface area contributed by atoms with Gasteiger partial charge in [0.05, 0.1) is 17.6 Å². The quantitative estimate of drug-likeness (QED) is 0.238. The standard InChI is InChI=1S/C24H23F5N2O5S/c25-19-17(9-10-18(20(19)26)36-15-5-1-14(2-6-15)23(34)35)22(33)31-12-11-30-21(32)13-3-7-16(8-4-13)37-24(27,28)29/h3-4,7-10,14-15H,1-2,5-6,11-12H2,(H,30,32)(H,31,33)(H,34,35)/t14-,15+. The number of thioether (sulfide) groups is 1. The molecule has 2 amide bonds. The summed E-state index contributed by atoms with van der Waals surface area (Å²) in [4.78, 5) is 35.3. The molecule has 1 aliphatic carbocycles. The third kappa shape index (κ3) is 8.07. The maximum atomic E-state index is 14.5. The highest BCUT2D eigenvalue weighted by molar-refractivity contribution is 8.00. The number of carbonyl (C=O) groups is 3. The molecule has 0 spiro atoms. The van der Waals surface area contributed by atoms with Gasteiger partial charge in [0.25, 0.3) is 11.8 Å². The lowest BCUT2D eigenvalue weighted by atomic mass is 9.87. The molecule has 0 bridgehead atoms. The molecule has 13 heteroatoms. The lowest BCUT2D eigenvalue weighted by molar-refractivity contribution is -0.143. The van der Waals surface area contributed by atoms with Crippen LogP contribution < -0.4 is 15.4 Å². The van der Waals surface area contributed by atoms with E-state index in [4.69, 9.17) is 9.84 Å². The van der Waals surface area contributed by atoms with Crippen molar-refractivity contribution in [1.29, 1.82) is 0 Å². The zero-order valence-corrected chi connectivity index (χ0v) is 20.1. The molecule has 0 aliphatic heterocycles. The Labute approximate surface area is 212 Å². The van der Waals surface area contributed by atoms with Crippen LogP contribution >= 0.6 is 11.8 Å². The molecule has 0 unspecified atom stereocenters. The van der Waals surface area contributed by atoms with E-state index in [1.807, 2.05) is 0 Å². The number of rotatable bonds is 9. The Morgan fingerprint density at radius 1 is 0.892 bits per heavy atom. The van der Waals surface area contributed by atoms with Crippen LogP contribution in [0.4, 0.5) is 22.0 Å². The Morgan fingerprint density at radius 2 is 1.49 bits per heavy atom. The lowest BCUT2D eigenvalue weighted by Gasteiger charge is -2.27. The summed E-state index contributed by atoms with van der Waals surface area (Å²) in [6.45, 7) is -0.202. The second-order valence-corrected chi connectivity index (χ2v) is 9.39. The molecule has 37 heavy (non-hydrogen) atoms. The van der Waals surface area contributed by atoms with E-state index in [1.165, 1.54) is 12.1 Å². The van der Waals surface area contributed by atoms with E-state index in [2.05, 4.69) is 10.6 Å². The SMILES string of the molecule is O=C(NCCNC(=O)c1ccc(O[C@H]2CC[C@@H](C(=O)O)CC2)c(F)c1F)c1ccc(SC(F)(F)F)cc1. The van der Waals surface area contributed by atoms with Gasteiger partial charge in [-0.25, -0.2) is 4.39 Å². The molecule has 1 aliphatic rings. The van der Waals surface area contributed by atoms with Crippen molar-refractivity contribution in [2.75, 3.05) is 13.1 Å². The van der Waals surface area contributed by atoms with Crippen LogP contribution in [0.25, 0.3) is 0 Å². The number of carboxylic acids is 1. The first-order chi connectivity index (χ1) is 17.4. The molecule has 0 saturated heterocycles. The van der Waals surface area contributed by atoms with Crippen molar-refractivity contribution < 1.29 is 46.2 Å². The molecule has 0 heterocycles. The van der Waals surface area contributed by atoms with Crippen LogP contribution in [0, 0.1) is 17.6 Å². The lowest BCUT2D eigenvalue weighted by Crippen LogP contribution is -2.35. The number of aliphatic carboxylic acids is 1. The molecule has 0 aromatic heterocycles. The smallest absolute Gasteiger partial charge is 0.446 e. The predicted octanol–water partition coefficient (Wildman–Crippen LogP) is 4.76. The summed E-state index contributed by atoms with van der Waals surface area (Å²) in [5, 5.41) is 13.8. The van der Waals surface area contributed by atoms with E-state index >= 15 is 0 Å². The number of alkyl halides is 3. The van der Waals surface area contributed by atoms with Gasteiger partial charge in [-0.15, -0.1) is 0 Å². The summed E-state index contributed by atoms with van der Waals surface area (Å²) in [7, 11) is 0. The van der Waals surface area contributed by atoms with Gasteiger partial charge in [0.15, 0.2) is 11.6 Å². The van der Waals surface area contributed by atoms with Crippen molar-refractivity contribution in [3.05, 3.63) is 59.2 Å². The van der Waals surface area contributed by atoms with Gasteiger partial charge >= 0.3 is 11.5 Å². The summed E-state index contributed by atoms with van der Waals surface area (Å²) >= 11 is -0.308. The minimum absolute atomic E-state index is 0.0755. The van der Waals surface area contributed by atoms with Gasteiger partial charge in [-0.1, -0.05) is 0 Å². The van der Waals surface area contributed by atoms with Crippen LogP contribution in [0.15, 0.2) is 41.3 Å². The topological polar surface area (TPSA) is 105 Å². The van der Waals surface area contributed by atoms with Gasteiger partial charge in [0.2, 0.25) is 5.82 Å². The minimum atomic E-state index is -4.44. The fourth-order valence-corrected chi connectivity index (χ4v) is 4.30. The van der Waals surface area contributed by atoms with Crippen molar-refractivity contribution >= 4 is 29.5 Å². The summed E-state index contributed by atoms with van der Waals surface area (Å²) < 4.78 is 71.6. The minimum Gasteiger partial charge on any atom is -0.487 e. The van der Waals surface area contributed by atoms with Crippen LogP contribution in [0.2, 0.25) is 0 Å². The molecular weight excluding hydrogens is 523 g/mol. The van der Waals surface area contributed by atoms with Crippen LogP contribution in [-0.2, 0) is 4.79 Å². The van der Waals surface area contributed by atoms with E-state index in [9.17, 15) is 36.3 Å². The largest absolute Gasteiger partial charge is 0.487 e. The summed E-state index contributed by atoms with van der Waals surface area (Å²) in [6.07, 6.45) is 1.02. The number of amides is 2. The number of halogens is 5. The number of ether oxygens (including phenoxy) is 1. The average Bonchev–Trinajstić information content (AvgIpc) is 2.84. The van der Waals surface area contributed by atoms with Crippen LogP contribution in [0.3, 0.4) is 0 Å². The Morgan fingerprint density at radius 3 is 2.05 bits per heavy atom. The van der Waals surface area contributed by atoms with Crippen molar-refractivity contribution in [3.63, 3.8) is 0 Å². The molecule has 3 rings (SSSR count). The monoisotopic (exact) mass is 546 g/mol. The van der Waals surface area contributed by atoms with Crippen LogP contribution in [-0.4, -0.2) is 47.6 Å². The molecule has 1 saturated carbocycles. The number of nitrogens with one attached hydrogen (secondary N) is 2. The number of hydrogen-bond acceptors (Lipinski definition) is 5. The number of benzene rings is 2. The highest BCUT2D eigenvalue weighted by Crippen LogP contribution is 2.36. The fourth-order valence-electron chi connectivity index (χ4n) is 3.76. The number of carboxylic acid groups (broad SMARTS) is 1. The Kier molecular flexibility index (Phi) is 9.35. The van der Waals surface area contributed by atoms with Gasteiger partial charge in [-0.2, -0.15) is 17.6 Å². The predicted molar refractivity (Wildman–Crippen MR) is 123 cm³/mol. The highest BCUT2D eigenvalue weighted by atomic mass is 32.2. The van der Waals surface area contributed by atoms with Gasteiger partial charge in [0, 0.05) is 23.5 Å². The summed E-state index contributed by atoms with van der Waals surface area (Å²) in [6, 6.07) is 6.94. The molecular formula is C24H23F5N2O5S. The zero-order chi connectivity index (χ0) is 27.2. The van der Waals surface area contributed by atoms with Gasteiger partial charge in [0.1, 0.15) is 0 Å². The number of hydrogen-bond donors (Lipinski definition) is 3. The Balaban J connectivity index is 1.46. The maximum absolute atomic E-state index is 14.5. The zero-order valence-electron chi connectivity index (χ0n) is 19.2. The first kappa shape index (κ1) is 28.2. The van der Waals surface area contributed by atoms with Gasteiger partial charge in [-0.05, 0) is 73.8 Å². The molecule has 0 atom stereocenters. The third-order valence-electron chi connectivity index (χ3n) is 5.65. The Bertz CT molecular complexity index is 1140. The summed E-state index contributed by atoms with van der Waals surface area (Å²) in [5.41, 5.74) is -4.90. The molecule has 1 fully saturated rings. The normalized spacial score (nSPS) is 17.6. The van der Waals surface area contributed by atoms with Crippen LogP contribution in [0.5, 0.6) is 5.75 Å². The van der Waals surface area contributed by atoms with Crippen molar-refractivity contribution in [2.45, 2.75) is 42.2 Å². The number of carbonyl (C=O) groups excluding carboxylic acids is 2. The summed E-state index contributed by atoms with van der Waals surface area (Å²) in [5.74, 6) is -6.02. The molecule has 0 radical (unpaired) electrons. The highest BCUT2D eigenvalue weighted by Gasteiger charge is 2.30. The molecule has 2 aromatic carbocycles. The molecule has 2 aromatic rings. The Hall–Kier alpha value is -3.35. The van der Waals surface area contributed by atoms with Gasteiger partial charge in [-0.3, -0.25) is 14.4 Å². The third-order valence-corrected chi connectivity index (χ3v) is 6.39. The van der Waals surface area contributed by atoms with E-state index in [-0.39, 0.29) is 41.1 Å². The van der Waals surface area contributed by atoms with Crippen molar-refractivity contribution in [3.8, 4) is 5.75 Å². The molecule has 3 N–H and O–H groups in total. The first-order valence-electron chi connectivity index (χ1n) is 11.2. The van der Waals surface area contributed by atoms with E-state index < -0.39 is 52.5 Å².